The smallest absolute Gasteiger partial charge is 0.317 e. The summed E-state index contributed by atoms with van der Waals surface area (Å²) in [5.74, 6) is 0. The molecule has 0 saturated carbocycles. The number of ether oxygens (including phenoxy) is 1. The fourth-order valence-corrected chi connectivity index (χ4v) is 1.76. The Labute approximate surface area is 92.0 Å². The highest BCUT2D eigenvalue weighted by Gasteiger charge is 2.18. The SMILES string of the molecule is CCCC(CC)NC(=O)N1CCOCC1. The summed E-state index contributed by atoms with van der Waals surface area (Å²) in [6, 6.07) is 0.393. The van der Waals surface area contributed by atoms with E-state index in [4.69, 9.17) is 4.74 Å². The molecule has 1 atom stereocenters. The molecule has 0 radical (unpaired) electrons. The van der Waals surface area contributed by atoms with Gasteiger partial charge in [-0.15, -0.1) is 0 Å². The Bertz CT molecular complexity index is 191. The Kier molecular flexibility index (Phi) is 5.47. The van der Waals surface area contributed by atoms with Gasteiger partial charge in [-0.1, -0.05) is 20.3 Å². The average molecular weight is 214 g/mol. The highest BCUT2D eigenvalue weighted by molar-refractivity contribution is 5.74. The van der Waals surface area contributed by atoms with Crippen molar-refractivity contribution in [2.45, 2.75) is 39.2 Å². The third-order valence-electron chi connectivity index (χ3n) is 2.76. The zero-order chi connectivity index (χ0) is 11.1. The van der Waals surface area contributed by atoms with Crippen molar-refractivity contribution >= 4 is 6.03 Å². The van der Waals surface area contributed by atoms with Crippen molar-refractivity contribution in [1.82, 2.24) is 10.2 Å². The number of carbonyl (C=O) groups excluding carboxylic acids is 1. The van der Waals surface area contributed by atoms with Crippen LogP contribution in [0.5, 0.6) is 0 Å². The first-order valence-electron chi connectivity index (χ1n) is 5.91. The van der Waals surface area contributed by atoms with Crippen LogP contribution in [-0.2, 0) is 4.74 Å². The van der Waals surface area contributed by atoms with Crippen molar-refractivity contribution in [3.8, 4) is 0 Å². The van der Waals surface area contributed by atoms with Gasteiger partial charge in [0.1, 0.15) is 0 Å². The molecule has 4 heteroatoms. The van der Waals surface area contributed by atoms with Gasteiger partial charge in [-0.3, -0.25) is 0 Å². The topological polar surface area (TPSA) is 41.6 Å². The maximum absolute atomic E-state index is 11.8. The van der Waals surface area contributed by atoms with Gasteiger partial charge in [-0.2, -0.15) is 0 Å². The number of hydrogen-bond acceptors (Lipinski definition) is 2. The van der Waals surface area contributed by atoms with Crippen molar-refractivity contribution in [3.63, 3.8) is 0 Å². The zero-order valence-electron chi connectivity index (χ0n) is 9.79. The van der Waals surface area contributed by atoms with E-state index in [2.05, 4.69) is 19.2 Å². The molecule has 1 N–H and O–H groups in total. The molecule has 1 fully saturated rings. The van der Waals surface area contributed by atoms with Crippen molar-refractivity contribution < 1.29 is 9.53 Å². The summed E-state index contributed by atoms with van der Waals surface area (Å²) < 4.78 is 5.21. The summed E-state index contributed by atoms with van der Waals surface area (Å²) in [4.78, 5) is 13.6. The van der Waals surface area contributed by atoms with Gasteiger partial charge in [0.05, 0.1) is 13.2 Å². The Morgan fingerprint density at radius 3 is 2.60 bits per heavy atom. The Morgan fingerprint density at radius 1 is 1.40 bits per heavy atom. The first kappa shape index (κ1) is 12.3. The lowest BCUT2D eigenvalue weighted by Crippen LogP contribution is -2.49. The number of nitrogens with one attached hydrogen (secondary N) is 1. The molecule has 1 aliphatic rings. The predicted molar refractivity (Wildman–Crippen MR) is 59.9 cm³/mol. The number of rotatable bonds is 4. The molecular weight excluding hydrogens is 192 g/mol. The molecule has 0 aromatic carbocycles. The van der Waals surface area contributed by atoms with Crippen LogP contribution >= 0.6 is 0 Å². The van der Waals surface area contributed by atoms with Crippen molar-refractivity contribution in [2.24, 2.45) is 0 Å². The molecule has 2 amide bonds. The van der Waals surface area contributed by atoms with Gasteiger partial charge in [0.25, 0.3) is 0 Å². The van der Waals surface area contributed by atoms with E-state index >= 15 is 0 Å². The maximum Gasteiger partial charge on any atom is 0.317 e. The lowest BCUT2D eigenvalue weighted by atomic mass is 10.1. The molecular formula is C11H22N2O2. The molecule has 15 heavy (non-hydrogen) atoms. The van der Waals surface area contributed by atoms with Crippen LogP contribution in [0.4, 0.5) is 4.79 Å². The van der Waals surface area contributed by atoms with Crippen LogP contribution in [0.2, 0.25) is 0 Å². The molecule has 0 aromatic rings. The van der Waals surface area contributed by atoms with Crippen LogP contribution in [0.1, 0.15) is 33.1 Å². The maximum atomic E-state index is 11.8. The second kappa shape index (κ2) is 6.67. The highest BCUT2D eigenvalue weighted by Crippen LogP contribution is 2.03. The zero-order valence-corrected chi connectivity index (χ0v) is 9.79. The monoisotopic (exact) mass is 214 g/mol. The Morgan fingerprint density at radius 2 is 2.07 bits per heavy atom. The number of carbonyl (C=O) groups is 1. The molecule has 1 unspecified atom stereocenters. The molecule has 0 aliphatic carbocycles. The van der Waals surface area contributed by atoms with Gasteiger partial charge < -0.3 is 15.0 Å². The molecule has 0 aromatic heterocycles. The average Bonchev–Trinajstić information content (AvgIpc) is 2.29. The third kappa shape index (κ3) is 4.08. The van der Waals surface area contributed by atoms with Crippen molar-refractivity contribution in [2.75, 3.05) is 26.3 Å². The number of nitrogens with zero attached hydrogens (tertiary/aromatic N) is 1. The van der Waals surface area contributed by atoms with Gasteiger partial charge >= 0.3 is 6.03 Å². The summed E-state index contributed by atoms with van der Waals surface area (Å²) in [6.07, 6.45) is 3.18. The fraction of sp³-hybridized carbons (Fsp3) is 0.909. The Hall–Kier alpha value is -0.770. The van der Waals surface area contributed by atoms with Crippen LogP contribution in [0, 0.1) is 0 Å². The molecule has 1 aliphatic heterocycles. The van der Waals surface area contributed by atoms with E-state index in [1.807, 2.05) is 4.90 Å². The van der Waals surface area contributed by atoms with Crippen LogP contribution in [0.15, 0.2) is 0 Å². The molecule has 1 saturated heterocycles. The minimum absolute atomic E-state index is 0.0681. The van der Waals surface area contributed by atoms with Crippen molar-refractivity contribution in [1.29, 1.82) is 0 Å². The minimum atomic E-state index is 0.0681. The fourth-order valence-electron chi connectivity index (χ4n) is 1.76. The van der Waals surface area contributed by atoms with Crippen LogP contribution in [0.25, 0.3) is 0 Å². The number of urea groups is 1. The van der Waals surface area contributed by atoms with Crippen LogP contribution in [0.3, 0.4) is 0 Å². The minimum Gasteiger partial charge on any atom is -0.378 e. The van der Waals surface area contributed by atoms with E-state index in [-0.39, 0.29) is 6.03 Å². The third-order valence-corrected chi connectivity index (χ3v) is 2.76. The van der Waals surface area contributed by atoms with E-state index in [0.717, 1.165) is 19.3 Å². The predicted octanol–water partition coefficient (Wildman–Crippen LogP) is 1.61. The first-order valence-corrected chi connectivity index (χ1v) is 5.91. The number of hydrogen-bond donors (Lipinski definition) is 1. The van der Waals surface area contributed by atoms with Gasteiger partial charge in [-0.25, -0.2) is 4.79 Å². The molecule has 0 spiro atoms. The van der Waals surface area contributed by atoms with Crippen LogP contribution in [-0.4, -0.2) is 43.3 Å². The van der Waals surface area contributed by atoms with Crippen molar-refractivity contribution in [3.05, 3.63) is 0 Å². The standard InChI is InChI=1S/C11H22N2O2/c1-3-5-10(4-2)12-11(14)13-6-8-15-9-7-13/h10H,3-9H2,1-2H3,(H,12,14). The lowest BCUT2D eigenvalue weighted by molar-refractivity contribution is 0.0524. The molecule has 0 bridgehead atoms. The molecule has 1 heterocycles. The molecule has 1 rings (SSSR count). The summed E-state index contributed by atoms with van der Waals surface area (Å²) in [7, 11) is 0. The van der Waals surface area contributed by atoms with E-state index in [1.54, 1.807) is 0 Å². The van der Waals surface area contributed by atoms with Gasteiger partial charge in [0, 0.05) is 19.1 Å². The van der Waals surface area contributed by atoms with Gasteiger partial charge in [0.15, 0.2) is 0 Å². The Balaban J connectivity index is 2.31. The molecule has 88 valence electrons. The van der Waals surface area contributed by atoms with Crippen LogP contribution < -0.4 is 5.32 Å². The van der Waals surface area contributed by atoms with Gasteiger partial charge in [0.2, 0.25) is 0 Å². The summed E-state index contributed by atoms with van der Waals surface area (Å²) in [6.45, 7) is 7.02. The molecule has 4 nitrogen and oxygen atoms in total. The van der Waals surface area contributed by atoms with Gasteiger partial charge in [-0.05, 0) is 12.8 Å². The second-order valence-corrected chi connectivity index (χ2v) is 3.94. The van der Waals surface area contributed by atoms with E-state index in [1.165, 1.54) is 0 Å². The largest absolute Gasteiger partial charge is 0.378 e. The summed E-state index contributed by atoms with van der Waals surface area (Å²) >= 11 is 0. The number of amides is 2. The quantitative estimate of drug-likeness (QED) is 0.772. The summed E-state index contributed by atoms with van der Waals surface area (Å²) in [5.41, 5.74) is 0. The van der Waals surface area contributed by atoms with E-state index in [9.17, 15) is 4.79 Å². The van der Waals surface area contributed by atoms with E-state index in [0.29, 0.717) is 32.3 Å². The van der Waals surface area contributed by atoms with E-state index < -0.39 is 0 Å². The summed E-state index contributed by atoms with van der Waals surface area (Å²) in [5, 5.41) is 3.07. The number of morpholine rings is 1. The highest BCUT2D eigenvalue weighted by atomic mass is 16.5. The lowest BCUT2D eigenvalue weighted by Gasteiger charge is -2.29. The first-order chi connectivity index (χ1) is 7.27. The second-order valence-electron chi connectivity index (χ2n) is 3.94. The normalized spacial score (nSPS) is 18.7.